The van der Waals surface area contributed by atoms with Crippen molar-refractivity contribution in [3.05, 3.63) is 59.3 Å². The molecule has 122 valence electrons. The molecule has 6 nitrogen and oxygen atoms in total. The van der Waals surface area contributed by atoms with Crippen molar-refractivity contribution in [2.24, 2.45) is 7.05 Å². The number of aromatic amines is 1. The summed E-state index contributed by atoms with van der Waals surface area (Å²) >= 11 is 0. The van der Waals surface area contributed by atoms with Crippen molar-refractivity contribution in [2.45, 2.75) is 19.9 Å². The Bertz CT molecular complexity index is 894. The fourth-order valence-corrected chi connectivity index (χ4v) is 3.19. The topological polar surface area (TPSA) is 66.8 Å². The Labute approximate surface area is 140 Å². The van der Waals surface area contributed by atoms with E-state index >= 15 is 0 Å². The molecule has 1 aliphatic heterocycles. The number of nitrogens with one attached hydrogen (secondary N) is 1. The number of rotatable bonds is 2. The fourth-order valence-electron chi connectivity index (χ4n) is 3.19. The molecule has 0 radical (unpaired) electrons. The standard InChI is InChI=1S/C18H19N5O/c1-12-19-14-8-9-23(11-16(14)20-12)18(24)17-10-15(21-22(17)2)13-6-4-3-5-7-13/h3-7,10H,8-9,11H2,1-2H3,(H,19,20). The Balaban J connectivity index is 1.60. The van der Waals surface area contributed by atoms with Crippen LogP contribution in [0, 0.1) is 6.92 Å². The number of imidazole rings is 1. The summed E-state index contributed by atoms with van der Waals surface area (Å²) in [4.78, 5) is 22.5. The maximum atomic E-state index is 12.9. The Kier molecular flexibility index (Phi) is 3.45. The Hall–Kier alpha value is -2.89. The summed E-state index contributed by atoms with van der Waals surface area (Å²) in [5.74, 6) is 0.909. The van der Waals surface area contributed by atoms with Gasteiger partial charge in [-0.25, -0.2) is 4.98 Å². The summed E-state index contributed by atoms with van der Waals surface area (Å²) < 4.78 is 1.67. The number of hydrogen-bond donors (Lipinski definition) is 1. The van der Waals surface area contributed by atoms with Crippen LogP contribution in [0.5, 0.6) is 0 Å². The van der Waals surface area contributed by atoms with Crippen LogP contribution < -0.4 is 0 Å². The molecule has 3 aromatic rings. The second kappa shape index (κ2) is 5.63. The number of nitrogens with zero attached hydrogens (tertiary/aromatic N) is 4. The van der Waals surface area contributed by atoms with Gasteiger partial charge in [-0.05, 0) is 13.0 Å². The SMILES string of the molecule is Cc1nc2c([nH]1)CN(C(=O)c1cc(-c3ccccc3)nn1C)CC2. The maximum absolute atomic E-state index is 12.9. The van der Waals surface area contributed by atoms with Gasteiger partial charge in [0.15, 0.2) is 0 Å². The zero-order valence-electron chi connectivity index (χ0n) is 13.8. The molecule has 0 saturated carbocycles. The van der Waals surface area contributed by atoms with Gasteiger partial charge in [-0.3, -0.25) is 9.48 Å². The van der Waals surface area contributed by atoms with Crippen LogP contribution in [0.4, 0.5) is 0 Å². The van der Waals surface area contributed by atoms with E-state index in [1.54, 1.807) is 4.68 Å². The molecule has 24 heavy (non-hydrogen) atoms. The van der Waals surface area contributed by atoms with E-state index < -0.39 is 0 Å². The molecule has 0 aliphatic carbocycles. The number of benzene rings is 1. The first-order chi connectivity index (χ1) is 11.6. The lowest BCUT2D eigenvalue weighted by molar-refractivity contribution is 0.0720. The monoisotopic (exact) mass is 321 g/mol. The molecule has 1 amide bonds. The molecule has 1 aromatic carbocycles. The highest BCUT2D eigenvalue weighted by Crippen LogP contribution is 2.22. The number of aromatic nitrogens is 4. The van der Waals surface area contributed by atoms with E-state index in [4.69, 9.17) is 0 Å². The summed E-state index contributed by atoms with van der Waals surface area (Å²) in [5.41, 5.74) is 4.55. The van der Waals surface area contributed by atoms with E-state index in [0.717, 1.165) is 34.9 Å². The van der Waals surface area contributed by atoms with Crippen molar-refractivity contribution in [3.63, 3.8) is 0 Å². The third-order valence-corrected chi connectivity index (χ3v) is 4.41. The Morgan fingerprint density at radius 3 is 2.83 bits per heavy atom. The van der Waals surface area contributed by atoms with Gasteiger partial charge in [-0.2, -0.15) is 5.10 Å². The summed E-state index contributed by atoms with van der Waals surface area (Å²) in [6.07, 6.45) is 0.787. The third kappa shape index (κ3) is 2.50. The van der Waals surface area contributed by atoms with Crippen molar-refractivity contribution in [1.29, 1.82) is 0 Å². The number of amides is 1. The highest BCUT2D eigenvalue weighted by molar-refractivity contribution is 5.93. The van der Waals surface area contributed by atoms with Gasteiger partial charge in [0.2, 0.25) is 0 Å². The molecule has 4 rings (SSSR count). The van der Waals surface area contributed by atoms with Crippen LogP contribution in [0.25, 0.3) is 11.3 Å². The molecule has 0 fully saturated rings. The number of carbonyl (C=O) groups is 1. The minimum Gasteiger partial charge on any atom is -0.344 e. The third-order valence-electron chi connectivity index (χ3n) is 4.41. The second-order valence-corrected chi connectivity index (χ2v) is 6.13. The van der Waals surface area contributed by atoms with Gasteiger partial charge in [0.25, 0.3) is 5.91 Å². The quantitative estimate of drug-likeness (QED) is 0.787. The minimum absolute atomic E-state index is 0.00471. The van der Waals surface area contributed by atoms with Gasteiger partial charge < -0.3 is 9.88 Å². The number of H-pyrrole nitrogens is 1. The van der Waals surface area contributed by atoms with Crippen molar-refractivity contribution < 1.29 is 4.79 Å². The molecule has 0 spiro atoms. The summed E-state index contributed by atoms with van der Waals surface area (Å²) in [6.45, 7) is 3.20. The lowest BCUT2D eigenvalue weighted by Gasteiger charge is -2.26. The van der Waals surface area contributed by atoms with Crippen LogP contribution in [0.1, 0.15) is 27.7 Å². The molecule has 1 aliphatic rings. The van der Waals surface area contributed by atoms with E-state index in [2.05, 4.69) is 15.1 Å². The molecule has 0 bridgehead atoms. The summed E-state index contributed by atoms with van der Waals surface area (Å²) in [5, 5.41) is 4.49. The van der Waals surface area contributed by atoms with Crippen LogP contribution in [-0.2, 0) is 20.0 Å². The largest absolute Gasteiger partial charge is 0.344 e. The molecule has 6 heteroatoms. The number of fused-ring (bicyclic) bond motifs is 1. The molecule has 1 N–H and O–H groups in total. The van der Waals surface area contributed by atoms with Gasteiger partial charge in [0, 0.05) is 25.6 Å². The van der Waals surface area contributed by atoms with E-state index in [1.807, 2.05) is 55.3 Å². The van der Waals surface area contributed by atoms with Gasteiger partial charge in [-0.1, -0.05) is 30.3 Å². The second-order valence-electron chi connectivity index (χ2n) is 6.13. The number of carbonyl (C=O) groups excluding carboxylic acids is 1. The predicted molar refractivity (Wildman–Crippen MR) is 90.4 cm³/mol. The predicted octanol–water partition coefficient (Wildman–Crippen LogP) is 2.32. The lowest BCUT2D eigenvalue weighted by Crippen LogP contribution is -2.37. The zero-order valence-corrected chi connectivity index (χ0v) is 13.8. The fraction of sp³-hybridized carbons (Fsp3) is 0.278. The molecular weight excluding hydrogens is 302 g/mol. The average Bonchev–Trinajstić information content (AvgIpc) is 3.16. The smallest absolute Gasteiger partial charge is 0.272 e. The summed E-state index contributed by atoms with van der Waals surface area (Å²) in [6, 6.07) is 11.8. The van der Waals surface area contributed by atoms with E-state index in [-0.39, 0.29) is 5.91 Å². The van der Waals surface area contributed by atoms with Gasteiger partial charge in [-0.15, -0.1) is 0 Å². The van der Waals surface area contributed by atoms with E-state index in [0.29, 0.717) is 18.8 Å². The first-order valence-electron chi connectivity index (χ1n) is 8.05. The first-order valence-corrected chi connectivity index (χ1v) is 8.05. The first kappa shape index (κ1) is 14.7. The average molecular weight is 321 g/mol. The van der Waals surface area contributed by atoms with Crippen LogP contribution in [-0.4, -0.2) is 37.1 Å². The molecule has 0 saturated heterocycles. The van der Waals surface area contributed by atoms with Crippen LogP contribution in [0.2, 0.25) is 0 Å². The van der Waals surface area contributed by atoms with Crippen LogP contribution in [0.15, 0.2) is 36.4 Å². The molecule has 0 unspecified atom stereocenters. The van der Waals surface area contributed by atoms with Gasteiger partial charge in [0.1, 0.15) is 11.5 Å². The van der Waals surface area contributed by atoms with Crippen molar-refractivity contribution in [1.82, 2.24) is 24.6 Å². The lowest BCUT2D eigenvalue weighted by atomic mass is 10.1. The van der Waals surface area contributed by atoms with Gasteiger partial charge in [0.05, 0.1) is 23.6 Å². The molecular formula is C18H19N5O. The Morgan fingerprint density at radius 1 is 1.25 bits per heavy atom. The normalized spacial score (nSPS) is 13.8. The molecule has 2 aromatic heterocycles. The van der Waals surface area contributed by atoms with E-state index in [1.165, 1.54) is 0 Å². The number of hydrogen-bond acceptors (Lipinski definition) is 3. The van der Waals surface area contributed by atoms with E-state index in [9.17, 15) is 4.79 Å². The van der Waals surface area contributed by atoms with Crippen molar-refractivity contribution in [3.8, 4) is 11.3 Å². The maximum Gasteiger partial charge on any atom is 0.272 e. The van der Waals surface area contributed by atoms with Crippen LogP contribution in [0.3, 0.4) is 0 Å². The number of aryl methyl sites for hydroxylation is 2. The minimum atomic E-state index is 0.00471. The zero-order chi connectivity index (χ0) is 16.7. The Morgan fingerprint density at radius 2 is 2.04 bits per heavy atom. The summed E-state index contributed by atoms with van der Waals surface area (Å²) in [7, 11) is 1.81. The molecule has 0 atom stereocenters. The van der Waals surface area contributed by atoms with Crippen molar-refractivity contribution in [2.75, 3.05) is 6.54 Å². The van der Waals surface area contributed by atoms with Crippen LogP contribution >= 0.6 is 0 Å². The molecule has 3 heterocycles. The van der Waals surface area contributed by atoms with Gasteiger partial charge >= 0.3 is 0 Å². The van der Waals surface area contributed by atoms with Crippen molar-refractivity contribution >= 4 is 5.91 Å². The highest BCUT2D eigenvalue weighted by Gasteiger charge is 2.26. The highest BCUT2D eigenvalue weighted by atomic mass is 16.2.